The Hall–Kier alpha value is -1.58. The number of anilines is 1. The van der Waals surface area contributed by atoms with E-state index in [1.54, 1.807) is 18.5 Å². The Labute approximate surface area is 118 Å². The summed E-state index contributed by atoms with van der Waals surface area (Å²) in [6, 6.07) is 9.68. The van der Waals surface area contributed by atoms with Gasteiger partial charge in [0.15, 0.2) is 0 Å². The molecule has 0 aliphatic heterocycles. The number of benzene rings is 1. The van der Waals surface area contributed by atoms with Gasteiger partial charge in [-0.2, -0.15) is 0 Å². The van der Waals surface area contributed by atoms with Crippen LogP contribution in [0.3, 0.4) is 0 Å². The molecule has 0 aliphatic carbocycles. The van der Waals surface area contributed by atoms with E-state index in [2.05, 4.69) is 9.88 Å². The van der Waals surface area contributed by atoms with Crippen molar-refractivity contribution in [3.8, 4) is 0 Å². The van der Waals surface area contributed by atoms with Gasteiger partial charge in [-0.25, -0.2) is 0 Å². The minimum Gasteiger partial charge on any atom is -0.392 e. The molecule has 0 radical (unpaired) electrons. The number of aromatic nitrogens is 1. The molecule has 2 rings (SSSR count). The molecule has 3 nitrogen and oxygen atoms in total. The molecule has 1 N–H and O–H groups in total. The summed E-state index contributed by atoms with van der Waals surface area (Å²) in [5, 5.41) is 9.74. The summed E-state index contributed by atoms with van der Waals surface area (Å²) in [5.41, 5.74) is 3.06. The fourth-order valence-electron chi connectivity index (χ4n) is 1.93. The van der Waals surface area contributed by atoms with E-state index < -0.39 is 0 Å². The first-order chi connectivity index (χ1) is 9.20. The van der Waals surface area contributed by atoms with Crippen molar-refractivity contribution >= 4 is 17.3 Å². The van der Waals surface area contributed by atoms with Gasteiger partial charge in [0.1, 0.15) is 0 Å². The molecule has 19 heavy (non-hydrogen) atoms. The van der Waals surface area contributed by atoms with Gasteiger partial charge in [-0.15, -0.1) is 0 Å². The fraction of sp³-hybridized carbons (Fsp3) is 0.267. The summed E-state index contributed by atoms with van der Waals surface area (Å²) in [6.07, 6.45) is 4.55. The van der Waals surface area contributed by atoms with Crippen LogP contribution in [0.15, 0.2) is 42.7 Å². The molecule has 0 fully saturated rings. The van der Waals surface area contributed by atoms with Gasteiger partial charge >= 0.3 is 0 Å². The number of rotatable bonds is 5. The zero-order valence-electron chi connectivity index (χ0n) is 10.9. The average molecular weight is 277 g/mol. The number of hydrogen-bond acceptors (Lipinski definition) is 3. The minimum absolute atomic E-state index is 0.0146. The van der Waals surface area contributed by atoms with Crippen LogP contribution in [-0.4, -0.2) is 23.7 Å². The zero-order chi connectivity index (χ0) is 13.7. The normalized spacial score (nSPS) is 10.5. The van der Waals surface area contributed by atoms with Crippen LogP contribution in [0.2, 0.25) is 5.02 Å². The van der Waals surface area contributed by atoms with E-state index in [4.69, 9.17) is 16.7 Å². The first-order valence-electron chi connectivity index (χ1n) is 6.20. The van der Waals surface area contributed by atoms with Gasteiger partial charge in [-0.05, 0) is 41.8 Å². The van der Waals surface area contributed by atoms with Crippen molar-refractivity contribution in [2.75, 3.05) is 18.5 Å². The third-order valence-corrected chi connectivity index (χ3v) is 3.39. The lowest BCUT2D eigenvalue weighted by Gasteiger charge is -2.21. The first-order valence-corrected chi connectivity index (χ1v) is 6.58. The van der Waals surface area contributed by atoms with Crippen LogP contribution < -0.4 is 4.90 Å². The maximum atomic E-state index is 9.07. The van der Waals surface area contributed by atoms with Crippen LogP contribution >= 0.6 is 11.6 Å². The smallest absolute Gasteiger partial charge is 0.0682 e. The molecule has 0 unspecified atom stereocenters. The molecule has 1 heterocycles. The monoisotopic (exact) mass is 276 g/mol. The highest BCUT2D eigenvalue weighted by molar-refractivity contribution is 6.33. The molecule has 1 aromatic carbocycles. The van der Waals surface area contributed by atoms with Crippen molar-refractivity contribution in [2.45, 2.75) is 13.0 Å². The average Bonchev–Trinajstić information content (AvgIpc) is 2.45. The summed E-state index contributed by atoms with van der Waals surface area (Å²) in [4.78, 5) is 6.12. The maximum absolute atomic E-state index is 9.07. The lowest BCUT2D eigenvalue weighted by molar-refractivity contribution is 0.282. The van der Waals surface area contributed by atoms with E-state index in [0.29, 0.717) is 5.02 Å². The van der Waals surface area contributed by atoms with E-state index in [1.165, 1.54) is 5.56 Å². The summed E-state index contributed by atoms with van der Waals surface area (Å²) in [6.45, 7) is 0.892. The second-order valence-electron chi connectivity index (χ2n) is 4.47. The SMILES string of the molecule is CN(CCc1ccncc1)c1ccc(CO)cc1Cl. The van der Waals surface area contributed by atoms with Crippen LogP contribution in [-0.2, 0) is 13.0 Å². The van der Waals surface area contributed by atoms with Crippen LogP contribution in [0.5, 0.6) is 0 Å². The molecule has 0 atom stereocenters. The number of aliphatic hydroxyl groups is 1. The molecule has 0 saturated heterocycles. The van der Waals surface area contributed by atoms with Gasteiger partial charge < -0.3 is 10.0 Å². The van der Waals surface area contributed by atoms with Crippen LogP contribution in [0.1, 0.15) is 11.1 Å². The Balaban J connectivity index is 2.02. The molecule has 0 bridgehead atoms. The molecular formula is C15H17ClN2O. The lowest BCUT2D eigenvalue weighted by atomic mass is 10.1. The molecular weight excluding hydrogens is 260 g/mol. The molecule has 1 aromatic heterocycles. The third kappa shape index (κ3) is 3.69. The van der Waals surface area contributed by atoms with E-state index in [9.17, 15) is 0 Å². The number of pyridine rings is 1. The Bertz CT molecular complexity index is 531. The van der Waals surface area contributed by atoms with Crippen molar-refractivity contribution < 1.29 is 5.11 Å². The maximum Gasteiger partial charge on any atom is 0.0682 e. The molecule has 0 aliphatic rings. The van der Waals surface area contributed by atoms with Crippen LogP contribution in [0.25, 0.3) is 0 Å². The van der Waals surface area contributed by atoms with E-state index >= 15 is 0 Å². The summed E-state index contributed by atoms with van der Waals surface area (Å²) < 4.78 is 0. The summed E-state index contributed by atoms with van der Waals surface area (Å²) in [7, 11) is 2.01. The quantitative estimate of drug-likeness (QED) is 0.912. The Morgan fingerprint density at radius 1 is 1.16 bits per heavy atom. The number of nitrogens with zero attached hydrogens (tertiary/aromatic N) is 2. The standard InChI is InChI=1S/C15H17ClN2O/c1-18(9-6-12-4-7-17-8-5-12)15-3-2-13(11-19)10-14(15)16/h2-5,7-8,10,19H,6,9,11H2,1H3. The van der Waals surface area contributed by atoms with E-state index in [0.717, 1.165) is 24.2 Å². The number of likely N-dealkylation sites (N-methyl/N-ethyl adjacent to an activating group) is 1. The predicted octanol–water partition coefficient (Wildman–Crippen LogP) is 2.91. The third-order valence-electron chi connectivity index (χ3n) is 3.09. The van der Waals surface area contributed by atoms with Gasteiger partial charge in [-0.3, -0.25) is 4.98 Å². The Kier molecular flexibility index (Phi) is 4.77. The number of hydrogen-bond donors (Lipinski definition) is 1. The molecule has 4 heteroatoms. The van der Waals surface area contributed by atoms with E-state index in [1.807, 2.05) is 31.3 Å². The largest absolute Gasteiger partial charge is 0.392 e. The molecule has 0 saturated carbocycles. The van der Waals surface area contributed by atoms with Crippen molar-refractivity contribution in [3.63, 3.8) is 0 Å². The second-order valence-corrected chi connectivity index (χ2v) is 4.88. The van der Waals surface area contributed by atoms with Gasteiger partial charge in [0.2, 0.25) is 0 Å². The minimum atomic E-state index is 0.0146. The number of aliphatic hydroxyl groups excluding tert-OH is 1. The topological polar surface area (TPSA) is 36.4 Å². The zero-order valence-corrected chi connectivity index (χ0v) is 11.6. The van der Waals surface area contributed by atoms with Crippen molar-refractivity contribution in [2.24, 2.45) is 0 Å². The highest BCUT2D eigenvalue weighted by atomic mass is 35.5. The van der Waals surface area contributed by atoms with Crippen LogP contribution in [0.4, 0.5) is 5.69 Å². The highest BCUT2D eigenvalue weighted by Gasteiger charge is 2.07. The molecule has 100 valence electrons. The summed E-state index contributed by atoms with van der Waals surface area (Å²) >= 11 is 6.22. The van der Waals surface area contributed by atoms with Crippen molar-refractivity contribution in [1.29, 1.82) is 0 Å². The molecule has 0 amide bonds. The Morgan fingerprint density at radius 3 is 2.53 bits per heavy atom. The Morgan fingerprint density at radius 2 is 1.89 bits per heavy atom. The summed E-state index contributed by atoms with van der Waals surface area (Å²) in [5.74, 6) is 0. The second kappa shape index (κ2) is 6.55. The first kappa shape index (κ1) is 13.8. The van der Waals surface area contributed by atoms with Gasteiger partial charge in [0, 0.05) is 26.0 Å². The van der Waals surface area contributed by atoms with Gasteiger partial charge in [0.05, 0.1) is 17.3 Å². The fourth-order valence-corrected chi connectivity index (χ4v) is 2.27. The predicted molar refractivity (Wildman–Crippen MR) is 78.6 cm³/mol. The highest BCUT2D eigenvalue weighted by Crippen LogP contribution is 2.26. The van der Waals surface area contributed by atoms with Gasteiger partial charge in [-0.1, -0.05) is 17.7 Å². The van der Waals surface area contributed by atoms with Gasteiger partial charge in [0.25, 0.3) is 0 Å². The van der Waals surface area contributed by atoms with E-state index in [-0.39, 0.29) is 6.61 Å². The molecule has 2 aromatic rings. The lowest BCUT2D eigenvalue weighted by Crippen LogP contribution is -2.20. The van der Waals surface area contributed by atoms with Crippen molar-refractivity contribution in [1.82, 2.24) is 4.98 Å². The number of halogens is 1. The van der Waals surface area contributed by atoms with Crippen molar-refractivity contribution in [3.05, 3.63) is 58.9 Å². The molecule has 0 spiro atoms. The van der Waals surface area contributed by atoms with Crippen LogP contribution in [0, 0.1) is 0 Å².